The Labute approximate surface area is 150 Å². The highest BCUT2D eigenvalue weighted by Gasteiger charge is 2.50. The molecule has 2 fully saturated rings. The first kappa shape index (κ1) is 18.1. The number of likely N-dealkylation sites (tertiary alicyclic amines) is 1. The van der Waals surface area contributed by atoms with Crippen LogP contribution < -0.4 is 5.32 Å². The zero-order valence-corrected chi connectivity index (χ0v) is 14.6. The van der Waals surface area contributed by atoms with E-state index in [-0.39, 0.29) is 18.4 Å². The molecule has 1 aliphatic carbocycles. The molecule has 9 heteroatoms. The van der Waals surface area contributed by atoms with E-state index in [0.717, 1.165) is 9.80 Å². The third-order valence-corrected chi connectivity index (χ3v) is 5.03. The Morgan fingerprint density at radius 2 is 1.69 bits per heavy atom. The molecule has 140 valence electrons. The Morgan fingerprint density at radius 3 is 2.19 bits per heavy atom. The fraction of sp³-hybridized carbons (Fsp3) is 0.588. The molecule has 0 radical (unpaired) electrons. The average molecular weight is 363 g/mol. The first-order valence-electron chi connectivity index (χ1n) is 8.64. The van der Waals surface area contributed by atoms with Gasteiger partial charge in [-0.15, -0.1) is 0 Å². The summed E-state index contributed by atoms with van der Waals surface area (Å²) in [6, 6.07) is -1.66. The number of amides is 5. The van der Waals surface area contributed by atoms with Gasteiger partial charge in [-0.05, 0) is 26.7 Å². The molecular weight excluding hydrogens is 342 g/mol. The highest BCUT2D eigenvalue weighted by molar-refractivity contribution is 6.08. The van der Waals surface area contributed by atoms with Crippen LogP contribution in [0.2, 0.25) is 0 Å². The zero-order chi connectivity index (χ0) is 19.0. The standard InChI is InChI=1S/C17H21N3O6/c1-9(20-14(22)11-5-3-4-6-12(11)15(20)23)16(24)26-10(2)13(21)19-8-7-18-17(19)25/h3-4,9-12H,5-8H2,1-2H3,(H,18,25)/t9-,10+,11-,12-/m0/s1. The normalized spacial score (nSPS) is 27.2. The number of allylic oxidation sites excluding steroid dienone is 2. The first-order chi connectivity index (χ1) is 12.3. The molecule has 26 heavy (non-hydrogen) atoms. The minimum absolute atomic E-state index is 0.203. The summed E-state index contributed by atoms with van der Waals surface area (Å²) >= 11 is 0. The quantitative estimate of drug-likeness (QED) is 0.421. The van der Waals surface area contributed by atoms with Crippen LogP contribution >= 0.6 is 0 Å². The van der Waals surface area contributed by atoms with Crippen molar-refractivity contribution in [2.45, 2.75) is 38.8 Å². The van der Waals surface area contributed by atoms with Gasteiger partial charge in [0.15, 0.2) is 6.10 Å². The Kier molecular flexibility index (Phi) is 4.80. The van der Waals surface area contributed by atoms with Gasteiger partial charge in [-0.3, -0.25) is 24.2 Å². The monoisotopic (exact) mass is 363 g/mol. The average Bonchev–Trinajstić information content (AvgIpc) is 3.16. The lowest BCUT2D eigenvalue weighted by Crippen LogP contribution is -2.47. The summed E-state index contributed by atoms with van der Waals surface area (Å²) in [6.45, 7) is 3.31. The molecule has 0 aromatic carbocycles. The van der Waals surface area contributed by atoms with Crippen LogP contribution in [-0.2, 0) is 23.9 Å². The van der Waals surface area contributed by atoms with Crippen LogP contribution in [0.15, 0.2) is 12.2 Å². The van der Waals surface area contributed by atoms with Crippen molar-refractivity contribution in [1.82, 2.24) is 15.1 Å². The largest absolute Gasteiger partial charge is 0.451 e. The molecule has 0 aromatic heterocycles. The molecule has 4 atom stereocenters. The lowest BCUT2D eigenvalue weighted by Gasteiger charge is -2.24. The van der Waals surface area contributed by atoms with Crippen LogP contribution in [0.25, 0.3) is 0 Å². The zero-order valence-electron chi connectivity index (χ0n) is 14.6. The van der Waals surface area contributed by atoms with E-state index in [1.165, 1.54) is 13.8 Å². The number of carbonyl (C=O) groups is 5. The number of carbonyl (C=O) groups excluding carboxylic acids is 5. The Bertz CT molecular complexity index is 677. The van der Waals surface area contributed by atoms with E-state index >= 15 is 0 Å². The van der Waals surface area contributed by atoms with Gasteiger partial charge in [-0.2, -0.15) is 0 Å². The molecule has 0 spiro atoms. The third kappa shape index (κ3) is 2.97. The molecule has 9 nitrogen and oxygen atoms in total. The van der Waals surface area contributed by atoms with Crippen LogP contribution in [-0.4, -0.2) is 64.8 Å². The van der Waals surface area contributed by atoms with Gasteiger partial charge in [-0.25, -0.2) is 9.59 Å². The van der Waals surface area contributed by atoms with E-state index in [2.05, 4.69) is 5.32 Å². The Balaban J connectivity index is 1.64. The van der Waals surface area contributed by atoms with Crippen molar-refractivity contribution >= 4 is 29.7 Å². The molecule has 0 aromatic rings. The van der Waals surface area contributed by atoms with Gasteiger partial charge in [0.2, 0.25) is 11.8 Å². The number of esters is 1. The molecule has 5 amide bonds. The van der Waals surface area contributed by atoms with Crippen molar-refractivity contribution in [2.75, 3.05) is 13.1 Å². The lowest BCUT2D eigenvalue weighted by molar-refractivity contribution is -0.165. The van der Waals surface area contributed by atoms with Gasteiger partial charge in [0, 0.05) is 13.1 Å². The maximum Gasteiger partial charge on any atom is 0.329 e. The second-order valence-corrected chi connectivity index (χ2v) is 6.68. The van der Waals surface area contributed by atoms with Crippen LogP contribution in [0, 0.1) is 11.8 Å². The van der Waals surface area contributed by atoms with Crippen molar-refractivity contribution in [2.24, 2.45) is 11.8 Å². The fourth-order valence-corrected chi connectivity index (χ4v) is 3.54. The van der Waals surface area contributed by atoms with Crippen molar-refractivity contribution in [3.63, 3.8) is 0 Å². The summed E-state index contributed by atoms with van der Waals surface area (Å²) in [5.74, 6) is -3.13. The summed E-state index contributed by atoms with van der Waals surface area (Å²) in [4.78, 5) is 63.0. The maximum absolute atomic E-state index is 12.5. The molecule has 0 unspecified atom stereocenters. The molecule has 2 heterocycles. The summed E-state index contributed by atoms with van der Waals surface area (Å²) in [5, 5.41) is 2.49. The Morgan fingerprint density at radius 1 is 1.12 bits per heavy atom. The minimum atomic E-state index is -1.19. The highest BCUT2D eigenvalue weighted by atomic mass is 16.5. The number of urea groups is 1. The van der Waals surface area contributed by atoms with Crippen LogP contribution in [0.5, 0.6) is 0 Å². The molecule has 3 rings (SSSR count). The summed E-state index contributed by atoms with van der Waals surface area (Å²) in [5.41, 5.74) is 0. The van der Waals surface area contributed by atoms with E-state index in [1.54, 1.807) is 0 Å². The predicted octanol–water partition coefficient (Wildman–Crippen LogP) is -0.190. The first-order valence-corrected chi connectivity index (χ1v) is 8.64. The number of nitrogens with one attached hydrogen (secondary N) is 1. The van der Waals surface area contributed by atoms with E-state index in [4.69, 9.17) is 4.74 Å². The van der Waals surface area contributed by atoms with E-state index in [9.17, 15) is 24.0 Å². The minimum Gasteiger partial charge on any atom is -0.451 e. The van der Waals surface area contributed by atoms with Crippen molar-refractivity contribution in [1.29, 1.82) is 0 Å². The number of rotatable bonds is 4. The third-order valence-electron chi connectivity index (χ3n) is 5.03. The molecule has 2 aliphatic heterocycles. The molecule has 2 saturated heterocycles. The summed E-state index contributed by atoms with van der Waals surface area (Å²) in [7, 11) is 0. The van der Waals surface area contributed by atoms with Gasteiger partial charge in [0.1, 0.15) is 6.04 Å². The Hall–Kier alpha value is -2.71. The SMILES string of the molecule is C[C@@H](OC(=O)[C@H](C)N1C(=O)[C@H]2CC=CC[C@@H]2C1=O)C(=O)N1CCNC1=O. The van der Waals surface area contributed by atoms with Crippen LogP contribution in [0.4, 0.5) is 4.79 Å². The number of fused-ring (bicyclic) bond motifs is 1. The summed E-state index contributed by atoms with van der Waals surface area (Å²) < 4.78 is 5.13. The highest BCUT2D eigenvalue weighted by Crippen LogP contribution is 2.36. The number of imide groups is 2. The molecule has 0 bridgehead atoms. The maximum atomic E-state index is 12.5. The van der Waals surface area contributed by atoms with Crippen molar-refractivity contribution in [3.8, 4) is 0 Å². The predicted molar refractivity (Wildman–Crippen MR) is 87.3 cm³/mol. The molecular formula is C17H21N3O6. The number of hydrogen-bond acceptors (Lipinski definition) is 6. The van der Waals surface area contributed by atoms with E-state index < -0.39 is 41.9 Å². The van der Waals surface area contributed by atoms with Gasteiger partial charge in [0.05, 0.1) is 11.8 Å². The van der Waals surface area contributed by atoms with Gasteiger partial charge in [0.25, 0.3) is 5.91 Å². The van der Waals surface area contributed by atoms with Gasteiger partial charge < -0.3 is 10.1 Å². The van der Waals surface area contributed by atoms with Crippen LogP contribution in [0.3, 0.4) is 0 Å². The molecule has 1 N–H and O–H groups in total. The van der Waals surface area contributed by atoms with Gasteiger partial charge >= 0.3 is 12.0 Å². The van der Waals surface area contributed by atoms with Gasteiger partial charge in [-0.1, -0.05) is 12.2 Å². The van der Waals surface area contributed by atoms with E-state index in [0.29, 0.717) is 19.4 Å². The number of hydrogen-bond donors (Lipinski definition) is 1. The number of nitrogens with zero attached hydrogens (tertiary/aromatic N) is 2. The number of ether oxygens (including phenoxy) is 1. The molecule has 0 saturated carbocycles. The smallest absolute Gasteiger partial charge is 0.329 e. The van der Waals surface area contributed by atoms with Crippen molar-refractivity contribution < 1.29 is 28.7 Å². The topological polar surface area (TPSA) is 113 Å². The summed E-state index contributed by atoms with van der Waals surface area (Å²) in [6.07, 6.45) is 3.49. The molecule has 3 aliphatic rings. The second kappa shape index (κ2) is 6.89. The van der Waals surface area contributed by atoms with E-state index in [1.807, 2.05) is 12.2 Å². The lowest BCUT2D eigenvalue weighted by atomic mass is 9.85. The van der Waals surface area contributed by atoms with Crippen LogP contribution in [0.1, 0.15) is 26.7 Å². The second-order valence-electron chi connectivity index (χ2n) is 6.68. The fourth-order valence-electron chi connectivity index (χ4n) is 3.54. The van der Waals surface area contributed by atoms with Crippen molar-refractivity contribution in [3.05, 3.63) is 12.2 Å².